The summed E-state index contributed by atoms with van der Waals surface area (Å²) in [6.45, 7) is 3.98. The summed E-state index contributed by atoms with van der Waals surface area (Å²) in [6, 6.07) is 11.8. The van der Waals surface area contributed by atoms with Gasteiger partial charge in [0.2, 0.25) is 0 Å². The fourth-order valence-corrected chi connectivity index (χ4v) is 2.90. The quantitative estimate of drug-likeness (QED) is 0.276. The van der Waals surface area contributed by atoms with Crippen molar-refractivity contribution in [3.8, 4) is 17.6 Å². The van der Waals surface area contributed by atoms with Gasteiger partial charge in [-0.15, -0.1) is 0 Å². The van der Waals surface area contributed by atoms with E-state index in [1.54, 1.807) is 43.5 Å². The monoisotopic (exact) mass is 435 g/mol. The Morgan fingerprint density at radius 3 is 2.75 bits per heavy atom. The van der Waals surface area contributed by atoms with E-state index in [4.69, 9.17) is 9.47 Å². The summed E-state index contributed by atoms with van der Waals surface area (Å²) in [7, 11) is 1.54. The Kier molecular flexibility index (Phi) is 6.38. The van der Waals surface area contributed by atoms with Crippen molar-refractivity contribution in [1.29, 1.82) is 5.26 Å². The molecule has 0 aliphatic carbocycles. The predicted octanol–water partition coefficient (Wildman–Crippen LogP) is 5.07. The largest absolute Gasteiger partial charge is 0.493 e. The molecule has 24 heavy (non-hydrogen) atoms. The second-order valence-electron chi connectivity index (χ2n) is 4.78. The van der Waals surface area contributed by atoms with Gasteiger partial charge in [0.1, 0.15) is 12.4 Å². The zero-order valence-electron chi connectivity index (χ0n) is 13.1. The van der Waals surface area contributed by atoms with Crippen LogP contribution in [0.15, 0.2) is 49.1 Å². The molecule has 0 N–H and O–H groups in total. The van der Waals surface area contributed by atoms with Crippen LogP contribution >= 0.6 is 22.6 Å². The maximum absolute atomic E-state index is 13.9. The van der Waals surface area contributed by atoms with Crippen LogP contribution in [-0.4, -0.2) is 13.7 Å². The van der Waals surface area contributed by atoms with Gasteiger partial charge in [-0.3, -0.25) is 0 Å². The number of allylic oxidation sites excluding steroid dienone is 1. The van der Waals surface area contributed by atoms with Crippen molar-refractivity contribution in [2.75, 3.05) is 13.7 Å². The van der Waals surface area contributed by atoms with Crippen LogP contribution in [0, 0.1) is 20.7 Å². The molecule has 2 aromatic carbocycles. The summed E-state index contributed by atoms with van der Waals surface area (Å²) in [4.78, 5) is 0. The number of rotatable bonds is 6. The van der Waals surface area contributed by atoms with Crippen molar-refractivity contribution >= 4 is 34.2 Å². The second-order valence-corrected chi connectivity index (χ2v) is 5.95. The van der Waals surface area contributed by atoms with Crippen LogP contribution in [0.3, 0.4) is 0 Å². The highest BCUT2D eigenvalue weighted by molar-refractivity contribution is 14.1. The molecule has 122 valence electrons. The lowest BCUT2D eigenvalue weighted by Crippen LogP contribution is -1.99. The molecule has 0 atom stereocenters. The summed E-state index contributed by atoms with van der Waals surface area (Å²) >= 11 is 2.13. The van der Waals surface area contributed by atoms with Crippen molar-refractivity contribution in [3.05, 3.63) is 69.6 Å². The first-order chi connectivity index (χ1) is 11.6. The van der Waals surface area contributed by atoms with Gasteiger partial charge >= 0.3 is 0 Å². The van der Waals surface area contributed by atoms with Gasteiger partial charge in [-0.05, 0) is 52.4 Å². The van der Waals surface area contributed by atoms with Gasteiger partial charge in [0.25, 0.3) is 0 Å². The van der Waals surface area contributed by atoms with Gasteiger partial charge in [-0.25, -0.2) is 4.39 Å². The Bertz CT molecular complexity index is 825. The minimum Gasteiger partial charge on any atom is -0.493 e. The summed E-state index contributed by atoms with van der Waals surface area (Å²) < 4.78 is 25.7. The smallest absolute Gasteiger partial charge is 0.174 e. The molecule has 3 nitrogen and oxygen atoms in total. The van der Waals surface area contributed by atoms with Crippen molar-refractivity contribution in [2.45, 2.75) is 0 Å². The highest BCUT2D eigenvalue weighted by atomic mass is 127. The van der Waals surface area contributed by atoms with Gasteiger partial charge in [0.15, 0.2) is 11.5 Å². The van der Waals surface area contributed by atoms with Crippen molar-refractivity contribution < 1.29 is 13.9 Å². The van der Waals surface area contributed by atoms with Crippen LogP contribution in [-0.2, 0) is 0 Å². The van der Waals surface area contributed by atoms with Crippen LogP contribution in [0.25, 0.3) is 11.6 Å². The normalized spacial score (nSPS) is 10.8. The first kappa shape index (κ1) is 18.0. The number of nitrogens with zero attached hydrogens (tertiary/aromatic N) is 1. The average Bonchev–Trinajstić information content (AvgIpc) is 2.59. The van der Waals surface area contributed by atoms with Gasteiger partial charge in [-0.2, -0.15) is 5.26 Å². The van der Waals surface area contributed by atoms with E-state index in [9.17, 15) is 9.65 Å². The lowest BCUT2D eigenvalue weighted by atomic mass is 10.0. The van der Waals surface area contributed by atoms with Gasteiger partial charge in [0.05, 0.1) is 22.3 Å². The number of benzene rings is 2. The van der Waals surface area contributed by atoms with E-state index < -0.39 is 5.82 Å². The van der Waals surface area contributed by atoms with E-state index in [1.165, 1.54) is 6.07 Å². The van der Waals surface area contributed by atoms with E-state index in [1.807, 2.05) is 12.1 Å². The van der Waals surface area contributed by atoms with Gasteiger partial charge < -0.3 is 9.47 Å². The molecule has 2 aromatic rings. The first-order valence-electron chi connectivity index (χ1n) is 7.08. The van der Waals surface area contributed by atoms with Gasteiger partial charge in [-0.1, -0.05) is 30.9 Å². The van der Waals surface area contributed by atoms with Crippen LogP contribution < -0.4 is 9.47 Å². The molecule has 0 aromatic heterocycles. The van der Waals surface area contributed by atoms with E-state index in [-0.39, 0.29) is 11.1 Å². The zero-order chi connectivity index (χ0) is 17.5. The van der Waals surface area contributed by atoms with E-state index in [0.29, 0.717) is 18.1 Å². The maximum atomic E-state index is 13.9. The van der Waals surface area contributed by atoms with E-state index >= 15 is 0 Å². The van der Waals surface area contributed by atoms with Gasteiger partial charge in [0, 0.05) is 5.56 Å². The summed E-state index contributed by atoms with van der Waals surface area (Å²) in [5.41, 5.74) is 1.23. The average molecular weight is 435 g/mol. The summed E-state index contributed by atoms with van der Waals surface area (Å²) in [5, 5.41) is 9.38. The van der Waals surface area contributed by atoms with Crippen molar-refractivity contribution in [2.24, 2.45) is 0 Å². The molecule has 0 aliphatic rings. The molecule has 0 unspecified atom stereocenters. The van der Waals surface area contributed by atoms with Crippen molar-refractivity contribution in [1.82, 2.24) is 0 Å². The molecule has 0 heterocycles. The van der Waals surface area contributed by atoms with Crippen LogP contribution in [0.5, 0.6) is 11.5 Å². The minimum atomic E-state index is -0.433. The van der Waals surface area contributed by atoms with E-state index in [0.717, 1.165) is 9.13 Å². The molecular weight excluding hydrogens is 420 g/mol. The lowest BCUT2D eigenvalue weighted by Gasteiger charge is -2.12. The molecule has 0 bridgehead atoms. The standard InChI is InChI=1S/C19H15FINO2/c1-3-8-24-19-17(21)10-13(11-18(19)23-2)9-14(12-22)15-6-4-5-7-16(15)20/h3-7,9-11H,1,8H2,2H3/b14-9+. The SMILES string of the molecule is C=CCOc1c(I)cc(/C=C(\C#N)c2ccccc2F)cc1OC. The maximum Gasteiger partial charge on any atom is 0.174 e. The molecule has 0 fully saturated rings. The topological polar surface area (TPSA) is 42.2 Å². The molecule has 0 saturated carbocycles. The molecule has 0 radical (unpaired) electrons. The highest BCUT2D eigenvalue weighted by Gasteiger charge is 2.12. The Morgan fingerprint density at radius 1 is 1.38 bits per heavy atom. The molecule has 5 heteroatoms. The highest BCUT2D eigenvalue weighted by Crippen LogP contribution is 2.35. The number of halogens is 2. The first-order valence-corrected chi connectivity index (χ1v) is 8.16. The molecule has 0 aliphatic heterocycles. The second kappa shape index (κ2) is 8.50. The fourth-order valence-electron chi connectivity index (χ4n) is 2.12. The Balaban J connectivity index is 2.48. The predicted molar refractivity (Wildman–Crippen MR) is 101 cm³/mol. The fraction of sp³-hybridized carbons (Fsp3) is 0.105. The minimum absolute atomic E-state index is 0.241. The molecule has 0 spiro atoms. The Morgan fingerprint density at radius 2 is 2.12 bits per heavy atom. The third kappa shape index (κ3) is 4.15. The Labute approximate surface area is 154 Å². The third-order valence-electron chi connectivity index (χ3n) is 3.19. The number of methoxy groups -OCH3 is 1. The van der Waals surface area contributed by atoms with Crippen LogP contribution in [0.4, 0.5) is 4.39 Å². The lowest BCUT2D eigenvalue weighted by molar-refractivity contribution is 0.324. The number of hydrogen-bond donors (Lipinski definition) is 0. The molecule has 2 rings (SSSR count). The molecular formula is C19H15FINO2. The van der Waals surface area contributed by atoms with Crippen LogP contribution in [0.2, 0.25) is 0 Å². The van der Waals surface area contributed by atoms with Crippen molar-refractivity contribution in [3.63, 3.8) is 0 Å². The third-order valence-corrected chi connectivity index (χ3v) is 3.99. The van der Waals surface area contributed by atoms with E-state index in [2.05, 4.69) is 29.2 Å². The molecule has 0 amide bonds. The number of hydrogen-bond acceptors (Lipinski definition) is 3. The number of ether oxygens (including phenoxy) is 2. The summed E-state index contributed by atoms with van der Waals surface area (Å²) in [5.74, 6) is 0.721. The Hall–Kier alpha value is -2.33. The zero-order valence-corrected chi connectivity index (χ0v) is 15.2. The molecule has 0 saturated heterocycles. The summed E-state index contributed by atoms with van der Waals surface area (Å²) in [6.07, 6.45) is 3.27. The number of nitriles is 1. The van der Waals surface area contributed by atoms with Crippen LogP contribution in [0.1, 0.15) is 11.1 Å².